The number of hydrogen-bond acceptors (Lipinski definition) is 2. The summed E-state index contributed by atoms with van der Waals surface area (Å²) in [4.78, 5) is 0. The van der Waals surface area contributed by atoms with Crippen LogP contribution in [0.2, 0.25) is 0 Å². The van der Waals surface area contributed by atoms with Crippen molar-refractivity contribution in [3.63, 3.8) is 0 Å². The second kappa shape index (κ2) is 7.97. The van der Waals surface area contributed by atoms with Gasteiger partial charge in [0.05, 0.1) is 6.10 Å². The van der Waals surface area contributed by atoms with Crippen LogP contribution in [0.25, 0.3) is 0 Å². The third-order valence-electron chi connectivity index (χ3n) is 10.4. The SMILES string of the molecule is CC(C)CCC[C@@H](C)[C@H]1CC[C@H]2[C@@H]3C(N)C=C4C[C@@H](O)CC[C@]4(C)[C@H]3CC[C@]12C. The van der Waals surface area contributed by atoms with E-state index in [2.05, 4.69) is 40.7 Å². The molecule has 0 aromatic carbocycles. The van der Waals surface area contributed by atoms with E-state index < -0.39 is 0 Å². The first-order valence-corrected chi connectivity index (χ1v) is 12.8. The van der Waals surface area contributed by atoms with Crippen molar-refractivity contribution in [3.8, 4) is 0 Å². The number of aliphatic hydroxyl groups excluding tert-OH is 1. The van der Waals surface area contributed by atoms with Crippen LogP contribution >= 0.6 is 0 Å². The average molecular weight is 402 g/mol. The second-order valence-corrected chi connectivity index (χ2v) is 12.4. The van der Waals surface area contributed by atoms with Crippen molar-refractivity contribution >= 4 is 0 Å². The molecule has 3 N–H and O–H groups in total. The molecule has 29 heavy (non-hydrogen) atoms. The van der Waals surface area contributed by atoms with Gasteiger partial charge >= 0.3 is 0 Å². The van der Waals surface area contributed by atoms with Crippen LogP contribution < -0.4 is 5.73 Å². The van der Waals surface area contributed by atoms with E-state index in [-0.39, 0.29) is 12.1 Å². The highest BCUT2D eigenvalue weighted by Gasteiger charge is 2.60. The van der Waals surface area contributed by atoms with Crippen LogP contribution in [0.15, 0.2) is 11.6 Å². The summed E-state index contributed by atoms with van der Waals surface area (Å²) in [6.45, 7) is 12.4. The highest BCUT2D eigenvalue weighted by Crippen LogP contribution is 2.67. The minimum Gasteiger partial charge on any atom is -0.393 e. The Hall–Kier alpha value is -0.340. The lowest BCUT2D eigenvalue weighted by Crippen LogP contribution is -2.56. The molecule has 2 heteroatoms. The molecule has 4 rings (SSSR count). The van der Waals surface area contributed by atoms with Crippen LogP contribution in [0, 0.1) is 46.3 Å². The van der Waals surface area contributed by atoms with Gasteiger partial charge in [-0.25, -0.2) is 0 Å². The first-order valence-electron chi connectivity index (χ1n) is 12.8. The Morgan fingerprint density at radius 1 is 1.03 bits per heavy atom. The average Bonchev–Trinajstić information content (AvgIpc) is 3.00. The smallest absolute Gasteiger partial charge is 0.0577 e. The van der Waals surface area contributed by atoms with Gasteiger partial charge in [0, 0.05) is 6.04 Å². The molecule has 1 unspecified atom stereocenters. The highest BCUT2D eigenvalue weighted by molar-refractivity contribution is 5.28. The minimum absolute atomic E-state index is 0.144. The van der Waals surface area contributed by atoms with Crippen molar-refractivity contribution in [1.82, 2.24) is 0 Å². The summed E-state index contributed by atoms with van der Waals surface area (Å²) in [6.07, 6.45) is 15.0. The molecule has 0 amide bonds. The van der Waals surface area contributed by atoms with Crippen molar-refractivity contribution in [2.24, 2.45) is 52.1 Å². The Bertz CT molecular complexity index is 626. The fraction of sp³-hybridized carbons (Fsp3) is 0.926. The lowest BCUT2D eigenvalue weighted by molar-refractivity contribution is -0.0632. The Labute approximate surface area is 180 Å². The monoisotopic (exact) mass is 401 g/mol. The highest BCUT2D eigenvalue weighted by atomic mass is 16.3. The van der Waals surface area contributed by atoms with E-state index in [1.165, 1.54) is 50.5 Å². The molecule has 166 valence electrons. The van der Waals surface area contributed by atoms with Crippen LogP contribution in [0.5, 0.6) is 0 Å². The largest absolute Gasteiger partial charge is 0.393 e. The fourth-order valence-corrected chi connectivity index (χ4v) is 8.74. The maximum absolute atomic E-state index is 10.3. The zero-order chi connectivity index (χ0) is 21.0. The molecular formula is C27H47NO. The molecule has 0 aromatic rings. The summed E-state index contributed by atoms with van der Waals surface area (Å²) in [5.74, 6) is 4.77. The molecule has 3 saturated carbocycles. The summed E-state index contributed by atoms with van der Waals surface area (Å²) in [6, 6.07) is 0.202. The van der Waals surface area contributed by atoms with Crippen LogP contribution in [-0.4, -0.2) is 17.3 Å². The van der Waals surface area contributed by atoms with E-state index in [4.69, 9.17) is 5.73 Å². The lowest BCUT2D eigenvalue weighted by atomic mass is 9.46. The molecule has 0 saturated heterocycles. The molecule has 4 aliphatic carbocycles. The first-order chi connectivity index (χ1) is 13.7. The molecule has 3 fully saturated rings. The summed E-state index contributed by atoms with van der Waals surface area (Å²) < 4.78 is 0. The topological polar surface area (TPSA) is 46.2 Å². The summed E-state index contributed by atoms with van der Waals surface area (Å²) in [5, 5.41) is 10.3. The van der Waals surface area contributed by atoms with Gasteiger partial charge in [0.25, 0.3) is 0 Å². The normalized spacial score (nSPS) is 47.9. The summed E-state index contributed by atoms with van der Waals surface area (Å²) in [5.41, 5.74) is 9.17. The zero-order valence-corrected chi connectivity index (χ0v) is 19.8. The van der Waals surface area contributed by atoms with Crippen LogP contribution in [0.1, 0.15) is 98.8 Å². The predicted molar refractivity (Wildman–Crippen MR) is 122 cm³/mol. The van der Waals surface area contributed by atoms with E-state index in [9.17, 15) is 5.11 Å². The third-order valence-corrected chi connectivity index (χ3v) is 10.4. The number of fused-ring (bicyclic) bond motifs is 5. The van der Waals surface area contributed by atoms with Crippen molar-refractivity contribution in [3.05, 3.63) is 11.6 Å². The number of rotatable bonds is 5. The molecule has 0 bridgehead atoms. The summed E-state index contributed by atoms with van der Waals surface area (Å²) >= 11 is 0. The van der Waals surface area contributed by atoms with Gasteiger partial charge in [-0.05, 0) is 91.3 Å². The minimum atomic E-state index is -0.144. The molecule has 0 aliphatic heterocycles. The van der Waals surface area contributed by atoms with Gasteiger partial charge in [-0.15, -0.1) is 0 Å². The van der Waals surface area contributed by atoms with E-state index in [0.29, 0.717) is 16.7 Å². The van der Waals surface area contributed by atoms with E-state index in [0.717, 1.165) is 48.9 Å². The second-order valence-electron chi connectivity index (χ2n) is 12.4. The molecule has 0 aromatic heterocycles. The van der Waals surface area contributed by atoms with Crippen molar-refractivity contribution in [2.45, 2.75) is 111 Å². The quantitative estimate of drug-likeness (QED) is 0.529. The maximum Gasteiger partial charge on any atom is 0.0577 e. The molecular weight excluding hydrogens is 354 g/mol. The Morgan fingerprint density at radius 3 is 2.52 bits per heavy atom. The van der Waals surface area contributed by atoms with Crippen molar-refractivity contribution < 1.29 is 5.11 Å². The Balaban J connectivity index is 1.54. The van der Waals surface area contributed by atoms with Gasteiger partial charge in [-0.1, -0.05) is 65.5 Å². The summed E-state index contributed by atoms with van der Waals surface area (Å²) in [7, 11) is 0. The molecule has 9 atom stereocenters. The fourth-order valence-electron chi connectivity index (χ4n) is 8.74. The van der Waals surface area contributed by atoms with Gasteiger partial charge in [-0.3, -0.25) is 0 Å². The van der Waals surface area contributed by atoms with Gasteiger partial charge < -0.3 is 10.8 Å². The van der Waals surface area contributed by atoms with Crippen LogP contribution in [0.3, 0.4) is 0 Å². The first kappa shape index (κ1) is 21.9. The molecule has 0 radical (unpaired) electrons. The van der Waals surface area contributed by atoms with Gasteiger partial charge in [0.2, 0.25) is 0 Å². The molecule has 4 aliphatic rings. The van der Waals surface area contributed by atoms with Crippen LogP contribution in [0.4, 0.5) is 0 Å². The standard InChI is InChI=1S/C27H47NO/c1-17(2)7-6-8-18(3)21-9-10-22-25-23(12-14-27(21,22)5)26(4)13-11-20(29)15-19(26)16-24(25)28/h16-18,20-25,29H,6-15,28H2,1-5H3/t18-,20+,21-,22+,23+,24?,25+,26+,27-/m1/s1. The van der Waals surface area contributed by atoms with Gasteiger partial charge in [-0.2, -0.15) is 0 Å². The maximum atomic E-state index is 10.3. The van der Waals surface area contributed by atoms with Crippen LogP contribution in [-0.2, 0) is 0 Å². The van der Waals surface area contributed by atoms with E-state index in [1.807, 2.05) is 0 Å². The van der Waals surface area contributed by atoms with Crippen molar-refractivity contribution in [1.29, 1.82) is 0 Å². The van der Waals surface area contributed by atoms with Crippen molar-refractivity contribution in [2.75, 3.05) is 0 Å². The zero-order valence-electron chi connectivity index (χ0n) is 19.8. The molecule has 2 nitrogen and oxygen atoms in total. The molecule has 0 spiro atoms. The molecule has 0 heterocycles. The van der Waals surface area contributed by atoms with Gasteiger partial charge in [0.1, 0.15) is 0 Å². The number of aliphatic hydroxyl groups is 1. The predicted octanol–water partition coefficient (Wildman–Crippen LogP) is 6.33. The lowest BCUT2D eigenvalue weighted by Gasteiger charge is -2.60. The van der Waals surface area contributed by atoms with Gasteiger partial charge in [0.15, 0.2) is 0 Å². The Morgan fingerprint density at radius 2 is 1.79 bits per heavy atom. The Kier molecular flexibility index (Phi) is 6.01. The van der Waals surface area contributed by atoms with E-state index >= 15 is 0 Å². The number of nitrogens with two attached hydrogens (primary N) is 1. The third kappa shape index (κ3) is 3.65. The van der Waals surface area contributed by atoms with E-state index in [1.54, 1.807) is 0 Å². The number of hydrogen-bond donors (Lipinski definition) is 2.